The summed E-state index contributed by atoms with van der Waals surface area (Å²) in [5, 5.41) is 8.67. The first kappa shape index (κ1) is 13.2. The van der Waals surface area contributed by atoms with Gasteiger partial charge in [0.2, 0.25) is 10.0 Å². The van der Waals surface area contributed by atoms with E-state index in [4.69, 9.17) is 22.4 Å². The molecule has 0 radical (unpaired) electrons. The van der Waals surface area contributed by atoms with Crippen LogP contribution in [0.2, 0.25) is 5.02 Å². The molecule has 0 aromatic heterocycles. The molecule has 5 nitrogen and oxygen atoms in total. The molecule has 1 aromatic carbocycles. The Hall–Kier alpha value is -0.820. The number of sulfonamides is 1. The quantitative estimate of drug-likeness (QED) is 0.536. The van der Waals surface area contributed by atoms with Crippen LogP contribution in [0, 0.1) is 0 Å². The van der Waals surface area contributed by atoms with E-state index in [0.717, 1.165) is 0 Å². The number of aliphatic hydroxyl groups is 1. The lowest BCUT2D eigenvalue weighted by molar-refractivity contribution is 0.289. The Labute approximate surface area is 99.3 Å². The molecule has 0 heterocycles. The van der Waals surface area contributed by atoms with Crippen LogP contribution in [0.15, 0.2) is 23.1 Å². The van der Waals surface area contributed by atoms with Crippen LogP contribution >= 0.6 is 11.6 Å². The number of nitrogens with two attached hydrogens (primary N) is 1. The SMILES string of the molecule is Nc1ccc(Cl)c(S(=O)(=O)NCCCO)c1. The number of aliphatic hydroxyl groups excluding tert-OH is 1. The molecule has 0 aliphatic carbocycles. The van der Waals surface area contributed by atoms with E-state index in [1.807, 2.05) is 0 Å². The van der Waals surface area contributed by atoms with Crippen LogP contribution in [0.1, 0.15) is 6.42 Å². The maximum absolute atomic E-state index is 11.7. The molecule has 0 saturated carbocycles. The molecule has 0 spiro atoms. The highest BCUT2D eigenvalue weighted by Crippen LogP contribution is 2.23. The van der Waals surface area contributed by atoms with Crippen LogP contribution in [0.4, 0.5) is 5.69 Å². The van der Waals surface area contributed by atoms with Crippen LogP contribution in [0.5, 0.6) is 0 Å². The van der Waals surface area contributed by atoms with Crippen molar-refractivity contribution in [2.75, 3.05) is 18.9 Å². The molecule has 1 rings (SSSR count). The number of anilines is 1. The summed E-state index contributed by atoms with van der Waals surface area (Å²) in [6, 6.07) is 4.25. The third-order valence-corrected chi connectivity index (χ3v) is 3.81. The Kier molecular flexibility index (Phi) is 4.55. The van der Waals surface area contributed by atoms with Gasteiger partial charge in [-0.1, -0.05) is 11.6 Å². The van der Waals surface area contributed by atoms with E-state index < -0.39 is 10.0 Å². The van der Waals surface area contributed by atoms with Crippen molar-refractivity contribution < 1.29 is 13.5 Å². The Balaban J connectivity index is 2.93. The fourth-order valence-electron chi connectivity index (χ4n) is 1.09. The minimum Gasteiger partial charge on any atom is -0.399 e. The van der Waals surface area contributed by atoms with Gasteiger partial charge in [-0.2, -0.15) is 0 Å². The molecule has 0 aliphatic heterocycles. The van der Waals surface area contributed by atoms with Crippen molar-refractivity contribution in [3.8, 4) is 0 Å². The summed E-state index contributed by atoms with van der Waals surface area (Å²) < 4.78 is 25.8. The second-order valence-electron chi connectivity index (χ2n) is 3.16. The van der Waals surface area contributed by atoms with Crippen LogP contribution in [-0.2, 0) is 10.0 Å². The van der Waals surface area contributed by atoms with Gasteiger partial charge < -0.3 is 10.8 Å². The molecule has 16 heavy (non-hydrogen) atoms. The van der Waals surface area contributed by atoms with E-state index in [0.29, 0.717) is 12.1 Å². The molecular weight excluding hydrogens is 252 g/mol. The van der Waals surface area contributed by atoms with Gasteiger partial charge >= 0.3 is 0 Å². The number of rotatable bonds is 5. The molecule has 0 bridgehead atoms. The van der Waals surface area contributed by atoms with Gasteiger partial charge in [-0.25, -0.2) is 13.1 Å². The molecule has 0 amide bonds. The molecule has 0 fully saturated rings. The lowest BCUT2D eigenvalue weighted by Gasteiger charge is -2.08. The van der Waals surface area contributed by atoms with Gasteiger partial charge in [-0.3, -0.25) is 0 Å². The van der Waals surface area contributed by atoms with Gasteiger partial charge in [-0.05, 0) is 24.6 Å². The van der Waals surface area contributed by atoms with Gasteiger partial charge in [0.05, 0.1) is 5.02 Å². The first-order valence-electron chi connectivity index (χ1n) is 4.63. The van der Waals surface area contributed by atoms with Gasteiger partial charge in [0.1, 0.15) is 4.90 Å². The van der Waals surface area contributed by atoms with Gasteiger partial charge in [0.15, 0.2) is 0 Å². The van der Waals surface area contributed by atoms with E-state index in [-0.39, 0.29) is 23.1 Å². The molecule has 0 aliphatic rings. The lowest BCUT2D eigenvalue weighted by Crippen LogP contribution is -2.25. The van der Waals surface area contributed by atoms with E-state index in [9.17, 15) is 8.42 Å². The van der Waals surface area contributed by atoms with Crippen molar-refractivity contribution in [2.24, 2.45) is 0 Å². The van der Waals surface area contributed by atoms with E-state index in [1.165, 1.54) is 18.2 Å². The highest BCUT2D eigenvalue weighted by atomic mass is 35.5. The molecular formula is C9H13ClN2O3S. The molecule has 0 atom stereocenters. The monoisotopic (exact) mass is 264 g/mol. The fraction of sp³-hybridized carbons (Fsp3) is 0.333. The van der Waals surface area contributed by atoms with Crippen LogP contribution < -0.4 is 10.5 Å². The van der Waals surface area contributed by atoms with Crippen molar-refractivity contribution in [1.82, 2.24) is 4.72 Å². The average molecular weight is 265 g/mol. The topological polar surface area (TPSA) is 92.4 Å². The molecule has 1 aromatic rings. The minimum absolute atomic E-state index is 0.0490. The summed E-state index contributed by atoms with van der Waals surface area (Å²) in [4.78, 5) is -0.0490. The Bertz CT molecular complexity index is 462. The molecule has 7 heteroatoms. The third kappa shape index (κ3) is 3.34. The normalized spacial score (nSPS) is 11.6. The van der Waals surface area contributed by atoms with Crippen LogP contribution in [0.25, 0.3) is 0 Å². The highest BCUT2D eigenvalue weighted by Gasteiger charge is 2.17. The van der Waals surface area contributed by atoms with E-state index >= 15 is 0 Å². The first-order valence-corrected chi connectivity index (χ1v) is 6.49. The third-order valence-electron chi connectivity index (χ3n) is 1.87. The second kappa shape index (κ2) is 5.49. The first-order chi connectivity index (χ1) is 7.47. The van der Waals surface area contributed by atoms with Crippen LogP contribution in [0.3, 0.4) is 0 Å². The summed E-state index contributed by atoms with van der Waals surface area (Å²) in [5.41, 5.74) is 5.81. The summed E-state index contributed by atoms with van der Waals surface area (Å²) in [6.07, 6.45) is 0.346. The standard InChI is InChI=1S/C9H13ClN2O3S/c10-8-3-2-7(11)6-9(8)16(14,15)12-4-1-5-13/h2-3,6,12-13H,1,4-5,11H2. The number of hydrogen-bond donors (Lipinski definition) is 3. The summed E-state index contributed by atoms with van der Waals surface area (Å²) >= 11 is 5.77. The summed E-state index contributed by atoms with van der Waals surface area (Å²) in [7, 11) is -3.66. The van der Waals surface area contributed by atoms with Crippen LogP contribution in [-0.4, -0.2) is 26.7 Å². The largest absolute Gasteiger partial charge is 0.399 e. The zero-order chi connectivity index (χ0) is 12.2. The maximum atomic E-state index is 11.7. The number of benzene rings is 1. The number of hydrogen-bond acceptors (Lipinski definition) is 4. The zero-order valence-electron chi connectivity index (χ0n) is 8.48. The Morgan fingerprint density at radius 1 is 1.44 bits per heavy atom. The Morgan fingerprint density at radius 3 is 2.75 bits per heavy atom. The molecule has 0 unspecified atom stereocenters. The van der Waals surface area contributed by atoms with E-state index in [1.54, 1.807) is 0 Å². The van der Waals surface area contributed by atoms with E-state index in [2.05, 4.69) is 4.72 Å². The minimum atomic E-state index is -3.66. The van der Waals surface area contributed by atoms with Crippen molar-refractivity contribution in [2.45, 2.75) is 11.3 Å². The van der Waals surface area contributed by atoms with Gasteiger partial charge in [0, 0.05) is 18.8 Å². The van der Waals surface area contributed by atoms with Crippen molar-refractivity contribution in [3.05, 3.63) is 23.2 Å². The number of nitrogen functional groups attached to an aromatic ring is 1. The Morgan fingerprint density at radius 2 is 2.12 bits per heavy atom. The van der Waals surface area contributed by atoms with Crippen molar-refractivity contribution >= 4 is 27.3 Å². The molecule has 90 valence electrons. The summed E-state index contributed by atoms with van der Waals surface area (Å²) in [5.74, 6) is 0. The smallest absolute Gasteiger partial charge is 0.242 e. The summed E-state index contributed by atoms with van der Waals surface area (Å²) in [6.45, 7) is 0.0805. The van der Waals surface area contributed by atoms with Crippen molar-refractivity contribution in [1.29, 1.82) is 0 Å². The maximum Gasteiger partial charge on any atom is 0.242 e. The highest BCUT2D eigenvalue weighted by molar-refractivity contribution is 7.89. The van der Waals surface area contributed by atoms with Crippen molar-refractivity contribution in [3.63, 3.8) is 0 Å². The second-order valence-corrected chi connectivity index (χ2v) is 5.31. The predicted octanol–water partition coefficient (Wildman–Crippen LogP) is 0.583. The average Bonchev–Trinajstić information content (AvgIpc) is 2.22. The van der Waals surface area contributed by atoms with Gasteiger partial charge in [-0.15, -0.1) is 0 Å². The number of nitrogens with one attached hydrogen (secondary N) is 1. The predicted molar refractivity (Wildman–Crippen MR) is 62.8 cm³/mol. The zero-order valence-corrected chi connectivity index (χ0v) is 10.1. The molecule has 4 N–H and O–H groups in total. The lowest BCUT2D eigenvalue weighted by atomic mass is 10.3. The fourth-order valence-corrected chi connectivity index (χ4v) is 2.70. The number of halogens is 1. The van der Waals surface area contributed by atoms with Gasteiger partial charge in [0.25, 0.3) is 0 Å². The molecule has 0 saturated heterocycles.